The van der Waals surface area contributed by atoms with Gasteiger partial charge in [-0.3, -0.25) is 0 Å². The number of anilines is 1. The molecule has 0 aliphatic carbocycles. The molecular formula is C13H15N5OS. The lowest BCUT2D eigenvalue weighted by Crippen LogP contribution is -2.00. The molecule has 3 rings (SSSR count). The molecule has 0 saturated heterocycles. The highest BCUT2D eigenvalue weighted by atomic mass is 32.1. The second-order valence-electron chi connectivity index (χ2n) is 4.93. The summed E-state index contributed by atoms with van der Waals surface area (Å²) in [4.78, 5) is 21.1. The van der Waals surface area contributed by atoms with Gasteiger partial charge in [0, 0.05) is 24.0 Å². The number of nitrogens with one attached hydrogen (secondary N) is 3. The zero-order valence-electron chi connectivity index (χ0n) is 11.2. The third kappa shape index (κ3) is 2.57. The Morgan fingerprint density at radius 2 is 2.10 bits per heavy atom. The number of nitrogens with zero attached hydrogens (tertiary/aromatic N) is 2. The molecule has 0 radical (unpaired) electrons. The van der Waals surface area contributed by atoms with Gasteiger partial charge < -0.3 is 15.3 Å². The number of aromatic amines is 2. The van der Waals surface area contributed by atoms with E-state index in [0.717, 1.165) is 27.6 Å². The second-order valence-corrected chi connectivity index (χ2v) is 5.68. The molecule has 3 N–H and O–H groups in total. The molecular weight excluding hydrogens is 274 g/mol. The van der Waals surface area contributed by atoms with E-state index in [4.69, 9.17) is 0 Å². The monoisotopic (exact) mass is 289 g/mol. The minimum atomic E-state index is -0.184. The lowest BCUT2D eigenvalue weighted by Gasteiger charge is -2.02. The summed E-state index contributed by atoms with van der Waals surface area (Å²) < 4.78 is 4.30. The smallest absolute Gasteiger partial charge is 0.323 e. The highest BCUT2D eigenvalue weighted by Gasteiger charge is 2.07. The Balaban J connectivity index is 1.73. The Bertz CT molecular complexity index is 785. The Kier molecular flexibility index (Phi) is 3.27. The Morgan fingerprint density at radius 1 is 1.30 bits per heavy atom. The molecule has 3 aromatic rings. The summed E-state index contributed by atoms with van der Waals surface area (Å²) in [6, 6.07) is 5.82. The van der Waals surface area contributed by atoms with Crippen LogP contribution in [0.1, 0.15) is 31.2 Å². The summed E-state index contributed by atoms with van der Waals surface area (Å²) >= 11 is 1.37. The van der Waals surface area contributed by atoms with Gasteiger partial charge in [0.15, 0.2) is 0 Å². The molecule has 0 aliphatic heterocycles. The van der Waals surface area contributed by atoms with Crippen molar-refractivity contribution in [2.45, 2.75) is 26.3 Å². The fourth-order valence-electron chi connectivity index (χ4n) is 1.91. The predicted octanol–water partition coefficient (Wildman–Crippen LogP) is 2.44. The van der Waals surface area contributed by atoms with Crippen LogP contribution in [-0.4, -0.2) is 19.3 Å². The molecule has 0 unspecified atom stereocenters. The molecule has 1 aromatic carbocycles. The summed E-state index contributed by atoms with van der Waals surface area (Å²) in [5, 5.41) is 4.07. The number of aromatic nitrogens is 4. The maximum atomic E-state index is 11.2. The van der Waals surface area contributed by atoms with Crippen LogP contribution in [0.3, 0.4) is 0 Å². The molecule has 0 atom stereocenters. The van der Waals surface area contributed by atoms with Gasteiger partial charge in [-0.2, -0.15) is 4.37 Å². The van der Waals surface area contributed by atoms with Gasteiger partial charge in [-0.25, -0.2) is 9.78 Å². The zero-order valence-corrected chi connectivity index (χ0v) is 12.0. The number of H-pyrrole nitrogens is 2. The number of rotatable bonds is 4. The van der Waals surface area contributed by atoms with Crippen LogP contribution in [0.25, 0.3) is 11.0 Å². The molecule has 0 fully saturated rings. The first-order chi connectivity index (χ1) is 9.61. The molecule has 104 valence electrons. The van der Waals surface area contributed by atoms with Crippen molar-refractivity contribution in [2.75, 3.05) is 5.32 Å². The Hall–Kier alpha value is -2.15. The van der Waals surface area contributed by atoms with Crippen LogP contribution in [0.15, 0.2) is 23.0 Å². The lowest BCUT2D eigenvalue weighted by molar-refractivity contribution is 0.799. The zero-order chi connectivity index (χ0) is 14.1. The number of hydrogen-bond donors (Lipinski definition) is 3. The largest absolute Gasteiger partial charge is 0.356 e. The molecule has 0 bridgehead atoms. The fraction of sp³-hybridized carbons (Fsp3) is 0.308. The summed E-state index contributed by atoms with van der Waals surface area (Å²) in [6.45, 7) is 4.79. The fourth-order valence-corrected chi connectivity index (χ4v) is 2.61. The number of hydrogen-bond acceptors (Lipinski definition) is 5. The molecule has 0 spiro atoms. The average Bonchev–Trinajstić information content (AvgIpc) is 3.00. The molecule has 0 aliphatic rings. The summed E-state index contributed by atoms with van der Waals surface area (Å²) in [5.74, 6) is 1.20. The van der Waals surface area contributed by atoms with Crippen molar-refractivity contribution in [1.29, 1.82) is 0 Å². The van der Waals surface area contributed by atoms with Crippen LogP contribution in [-0.2, 0) is 6.54 Å². The van der Waals surface area contributed by atoms with Gasteiger partial charge in [0.2, 0.25) is 5.13 Å². The van der Waals surface area contributed by atoms with Crippen molar-refractivity contribution in [3.63, 3.8) is 0 Å². The van der Waals surface area contributed by atoms with Gasteiger partial charge in [-0.05, 0) is 17.7 Å². The van der Waals surface area contributed by atoms with Crippen molar-refractivity contribution in [1.82, 2.24) is 19.3 Å². The van der Waals surface area contributed by atoms with Crippen molar-refractivity contribution in [3.8, 4) is 0 Å². The molecule has 2 heterocycles. The molecule has 2 aromatic heterocycles. The highest BCUT2D eigenvalue weighted by Crippen LogP contribution is 2.18. The van der Waals surface area contributed by atoms with Crippen LogP contribution >= 0.6 is 11.5 Å². The van der Waals surface area contributed by atoms with E-state index in [0.29, 0.717) is 12.5 Å². The molecule has 7 heteroatoms. The van der Waals surface area contributed by atoms with Gasteiger partial charge in [0.05, 0.1) is 11.0 Å². The average molecular weight is 289 g/mol. The maximum Gasteiger partial charge on any atom is 0.323 e. The summed E-state index contributed by atoms with van der Waals surface area (Å²) in [5.41, 5.74) is 2.52. The van der Waals surface area contributed by atoms with Gasteiger partial charge in [-0.15, -0.1) is 0 Å². The van der Waals surface area contributed by atoms with Crippen molar-refractivity contribution >= 4 is 27.7 Å². The van der Waals surface area contributed by atoms with Crippen molar-refractivity contribution < 1.29 is 0 Å². The van der Waals surface area contributed by atoms with E-state index < -0.39 is 0 Å². The first kappa shape index (κ1) is 12.9. The van der Waals surface area contributed by atoms with E-state index >= 15 is 0 Å². The SMILES string of the molecule is CC(C)c1nsc(NCc2ccc3[nH]c(=O)[nH]c3c2)n1. The Morgan fingerprint density at radius 3 is 2.85 bits per heavy atom. The normalized spacial score (nSPS) is 11.3. The van der Waals surface area contributed by atoms with Crippen LogP contribution < -0.4 is 11.0 Å². The first-order valence-electron chi connectivity index (χ1n) is 6.40. The van der Waals surface area contributed by atoms with Crippen molar-refractivity contribution in [2.24, 2.45) is 0 Å². The quantitative estimate of drug-likeness (QED) is 0.688. The minimum Gasteiger partial charge on any atom is -0.356 e. The highest BCUT2D eigenvalue weighted by molar-refractivity contribution is 7.09. The first-order valence-corrected chi connectivity index (χ1v) is 7.17. The third-order valence-corrected chi connectivity index (χ3v) is 3.67. The van der Waals surface area contributed by atoms with Crippen molar-refractivity contribution in [3.05, 3.63) is 40.1 Å². The van der Waals surface area contributed by atoms with E-state index in [1.807, 2.05) is 18.2 Å². The van der Waals surface area contributed by atoms with Gasteiger partial charge in [0.1, 0.15) is 5.82 Å². The van der Waals surface area contributed by atoms with E-state index in [1.165, 1.54) is 11.5 Å². The van der Waals surface area contributed by atoms with E-state index in [1.54, 1.807) is 0 Å². The second kappa shape index (κ2) is 5.09. The van der Waals surface area contributed by atoms with Gasteiger partial charge in [0.25, 0.3) is 0 Å². The summed E-state index contributed by atoms with van der Waals surface area (Å²) in [6.07, 6.45) is 0. The van der Waals surface area contributed by atoms with Crippen LogP contribution in [0.2, 0.25) is 0 Å². The number of fused-ring (bicyclic) bond motifs is 1. The van der Waals surface area contributed by atoms with Gasteiger partial charge in [-0.1, -0.05) is 19.9 Å². The molecule has 0 amide bonds. The van der Waals surface area contributed by atoms with Crippen LogP contribution in [0.4, 0.5) is 5.13 Å². The van der Waals surface area contributed by atoms with E-state index in [-0.39, 0.29) is 5.69 Å². The third-order valence-electron chi connectivity index (χ3n) is 2.98. The minimum absolute atomic E-state index is 0.184. The lowest BCUT2D eigenvalue weighted by atomic mass is 10.2. The van der Waals surface area contributed by atoms with Crippen LogP contribution in [0, 0.1) is 0 Å². The number of benzene rings is 1. The topological polar surface area (TPSA) is 86.5 Å². The van der Waals surface area contributed by atoms with Crippen LogP contribution in [0.5, 0.6) is 0 Å². The van der Waals surface area contributed by atoms with E-state index in [9.17, 15) is 4.79 Å². The molecule has 6 nitrogen and oxygen atoms in total. The predicted molar refractivity (Wildman–Crippen MR) is 80.2 cm³/mol. The van der Waals surface area contributed by atoms with E-state index in [2.05, 4.69) is 38.5 Å². The Labute approximate surface area is 119 Å². The molecule has 0 saturated carbocycles. The maximum absolute atomic E-state index is 11.2. The standard InChI is InChI=1S/C13H15N5OS/c1-7(2)11-17-13(20-18-11)14-6-8-3-4-9-10(5-8)16-12(19)15-9/h3-5,7H,6H2,1-2H3,(H,14,17,18)(H2,15,16,19). The van der Waals surface area contributed by atoms with Gasteiger partial charge >= 0.3 is 5.69 Å². The molecule has 20 heavy (non-hydrogen) atoms. The summed E-state index contributed by atoms with van der Waals surface area (Å²) in [7, 11) is 0. The number of imidazole rings is 1.